The number of hydrogen-bond acceptors (Lipinski definition) is 3. The Morgan fingerprint density at radius 2 is 1.73 bits per heavy atom. The number of nitrogens with zero attached hydrogens (tertiary/aromatic N) is 2. The highest BCUT2D eigenvalue weighted by atomic mass is 32.2. The summed E-state index contributed by atoms with van der Waals surface area (Å²) in [5.41, 5.74) is 3.27. The number of aromatic amines is 1. The van der Waals surface area contributed by atoms with Crippen molar-refractivity contribution in [3.8, 4) is 11.4 Å². The Morgan fingerprint density at radius 3 is 2.41 bits per heavy atom. The van der Waals surface area contributed by atoms with Gasteiger partial charge in [-0.15, -0.1) is 5.10 Å². The molecule has 1 aromatic heterocycles. The molecule has 0 amide bonds. The molecule has 0 bridgehead atoms. The lowest BCUT2D eigenvalue weighted by Crippen LogP contribution is -1.89. The summed E-state index contributed by atoms with van der Waals surface area (Å²) in [6, 6.07) is 14.7. The average Bonchev–Trinajstić information content (AvgIpc) is 2.97. The first-order valence-corrected chi connectivity index (χ1v) is 7.91. The highest BCUT2D eigenvalue weighted by molar-refractivity contribution is 7.99. The lowest BCUT2D eigenvalue weighted by molar-refractivity contribution is 0.627. The standard InChI is InChI=1S/C17H16FN3S/c1-11-3-5-14(6-4-11)16-19-17(21-20-16)22-12(2)13-7-9-15(18)10-8-13/h3-10,12H,1-2H3,(H,19,20,21)/t12-/m1/s1. The predicted molar refractivity (Wildman–Crippen MR) is 87.2 cm³/mol. The minimum absolute atomic E-state index is 0.155. The minimum atomic E-state index is -0.222. The maximum absolute atomic E-state index is 13.0. The fraction of sp³-hybridized carbons (Fsp3) is 0.176. The predicted octanol–water partition coefficient (Wildman–Crippen LogP) is 4.77. The SMILES string of the molecule is Cc1ccc(-c2nc(S[C@H](C)c3ccc(F)cc3)n[nH]2)cc1. The molecule has 0 aliphatic heterocycles. The van der Waals surface area contributed by atoms with Gasteiger partial charge in [0.25, 0.3) is 0 Å². The van der Waals surface area contributed by atoms with Gasteiger partial charge >= 0.3 is 0 Å². The third-order valence-electron chi connectivity index (χ3n) is 3.41. The van der Waals surface area contributed by atoms with E-state index in [1.807, 2.05) is 24.3 Å². The van der Waals surface area contributed by atoms with Gasteiger partial charge in [0.05, 0.1) is 0 Å². The zero-order chi connectivity index (χ0) is 15.5. The Bertz CT molecular complexity index is 750. The van der Waals surface area contributed by atoms with Gasteiger partial charge in [-0.25, -0.2) is 9.37 Å². The van der Waals surface area contributed by atoms with Gasteiger partial charge < -0.3 is 0 Å². The normalized spacial score (nSPS) is 12.3. The molecular formula is C17H16FN3S. The summed E-state index contributed by atoms with van der Waals surface area (Å²) in [6.07, 6.45) is 0. The fourth-order valence-corrected chi connectivity index (χ4v) is 2.95. The van der Waals surface area contributed by atoms with E-state index in [9.17, 15) is 4.39 Å². The van der Waals surface area contributed by atoms with Gasteiger partial charge in [-0.1, -0.05) is 53.7 Å². The summed E-state index contributed by atoms with van der Waals surface area (Å²) in [6.45, 7) is 4.11. The maximum atomic E-state index is 13.0. The van der Waals surface area contributed by atoms with Gasteiger partial charge in [0.15, 0.2) is 5.82 Å². The van der Waals surface area contributed by atoms with Gasteiger partial charge in [-0.2, -0.15) is 0 Å². The summed E-state index contributed by atoms with van der Waals surface area (Å²) in [5, 5.41) is 8.06. The number of rotatable bonds is 4. The zero-order valence-electron chi connectivity index (χ0n) is 12.4. The van der Waals surface area contributed by atoms with E-state index >= 15 is 0 Å². The summed E-state index contributed by atoms with van der Waals surface area (Å²) in [7, 11) is 0. The second kappa shape index (κ2) is 6.32. The van der Waals surface area contributed by atoms with Crippen molar-refractivity contribution in [3.63, 3.8) is 0 Å². The monoisotopic (exact) mass is 313 g/mol. The van der Waals surface area contributed by atoms with Crippen LogP contribution in [-0.4, -0.2) is 15.2 Å². The van der Waals surface area contributed by atoms with E-state index in [2.05, 4.69) is 29.0 Å². The van der Waals surface area contributed by atoms with E-state index in [0.717, 1.165) is 17.0 Å². The Balaban J connectivity index is 1.73. The summed E-state index contributed by atoms with van der Waals surface area (Å²) in [5.74, 6) is 0.536. The third kappa shape index (κ3) is 3.36. The van der Waals surface area contributed by atoms with Crippen LogP contribution in [0.2, 0.25) is 0 Å². The zero-order valence-corrected chi connectivity index (χ0v) is 13.2. The minimum Gasteiger partial charge on any atom is -0.258 e. The molecule has 3 nitrogen and oxygen atoms in total. The van der Waals surface area contributed by atoms with E-state index in [1.165, 1.54) is 17.7 Å². The Labute approximate surface area is 133 Å². The first-order valence-electron chi connectivity index (χ1n) is 7.03. The van der Waals surface area contributed by atoms with Crippen molar-refractivity contribution >= 4 is 11.8 Å². The molecule has 0 spiro atoms. The molecule has 2 aromatic carbocycles. The van der Waals surface area contributed by atoms with Crippen LogP contribution in [0.15, 0.2) is 53.7 Å². The van der Waals surface area contributed by atoms with Crippen molar-refractivity contribution in [2.45, 2.75) is 24.3 Å². The quantitative estimate of drug-likeness (QED) is 0.705. The molecule has 1 N–H and O–H groups in total. The molecular weight excluding hydrogens is 297 g/mol. The van der Waals surface area contributed by atoms with E-state index < -0.39 is 0 Å². The molecule has 0 saturated heterocycles. The molecule has 3 rings (SSSR count). The van der Waals surface area contributed by atoms with Crippen molar-refractivity contribution in [1.29, 1.82) is 0 Å². The van der Waals surface area contributed by atoms with Crippen LogP contribution in [0.25, 0.3) is 11.4 Å². The highest BCUT2D eigenvalue weighted by Gasteiger charge is 2.12. The first-order chi connectivity index (χ1) is 10.6. The molecule has 22 heavy (non-hydrogen) atoms. The van der Waals surface area contributed by atoms with Gasteiger partial charge in [-0.05, 0) is 31.5 Å². The fourth-order valence-electron chi connectivity index (χ4n) is 2.10. The Morgan fingerprint density at radius 1 is 1.05 bits per heavy atom. The molecule has 0 unspecified atom stereocenters. The molecule has 0 aliphatic rings. The van der Waals surface area contributed by atoms with E-state index in [1.54, 1.807) is 23.9 Å². The van der Waals surface area contributed by atoms with Crippen molar-refractivity contribution in [2.75, 3.05) is 0 Å². The van der Waals surface area contributed by atoms with Crippen LogP contribution in [0.4, 0.5) is 4.39 Å². The summed E-state index contributed by atoms with van der Waals surface area (Å²) < 4.78 is 13.0. The third-order valence-corrected chi connectivity index (χ3v) is 4.43. The number of nitrogens with one attached hydrogen (secondary N) is 1. The number of aryl methyl sites for hydroxylation is 1. The second-order valence-corrected chi connectivity index (χ2v) is 6.45. The van der Waals surface area contributed by atoms with Crippen LogP contribution < -0.4 is 0 Å². The maximum Gasteiger partial charge on any atom is 0.209 e. The van der Waals surface area contributed by atoms with Crippen LogP contribution in [0, 0.1) is 12.7 Å². The molecule has 1 atom stereocenters. The lowest BCUT2D eigenvalue weighted by Gasteiger charge is -2.08. The van der Waals surface area contributed by atoms with Gasteiger partial charge in [0.1, 0.15) is 5.82 Å². The molecule has 5 heteroatoms. The van der Waals surface area contributed by atoms with E-state index in [0.29, 0.717) is 5.16 Å². The Kier molecular flexibility index (Phi) is 4.24. The second-order valence-electron chi connectivity index (χ2n) is 5.14. The smallest absolute Gasteiger partial charge is 0.209 e. The van der Waals surface area contributed by atoms with Crippen molar-refractivity contribution in [2.24, 2.45) is 0 Å². The van der Waals surface area contributed by atoms with Crippen LogP contribution in [0.3, 0.4) is 0 Å². The number of hydrogen-bond donors (Lipinski definition) is 1. The van der Waals surface area contributed by atoms with Crippen molar-refractivity contribution in [1.82, 2.24) is 15.2 Å². The lowest BCUT2D eigenvalue weighted by atomic mass is 10.1. The molecule has 3 aromatic rings. The summed E-state index contributed by atoms with van der Waals surface area (Å²) in [4.78, 5) is 4.52. The number of aromatic nitrogens is 3. The molecule has 1 heterocycles. The van der Waals surface area contributed by atoms with Crippen molar-refractivity contribution in [3.05, 3.63) is 65.5 Å². The van der Waals surface area contributed by atoms with Crippen LogP contribution >= 0.6 is 11.8 Å². The number of thioether (sulfide) groups is 1. The largest absolute Gasteiger partial charge is 0.258 e. The molecule has 0 aliphatic carbocycles. The number of H-pyrrole nitrogens is 1. The highest BCUT2D eigenvalue weighted by Crippen LogP contribution is 2.33. The first kappa shape index (κ1) is 14.8. The van der Waals surface area contributed by atoms with Gasteiger partial charge in [0, 0.05) is 10.8 Å². The topological polar surface area (TPSA) is 41.6 Å². The van der Waals surface area contributed by atoms with E-state index in [-0.39, 0.29) is 11.1 Å². The molecule has 0 fully saturated rings. The van der Waals surface area contributed by atoms with Crippen LogP contribution in [0.5, 0.6) is 0 Å². The number of benzene rings is 2. The molecule has 0 radical (unpaired) electrons. The number of halogens is 1. The van der Waals surface area contributed by atoms with Crippen LogP contribution in [-0.2, 0) is 0 Å². The van der Waals surface area contributed by atoms with Gasteiger partial charge in [0.2, 0.25) is 5.16 Å². The molecule has 112 valence electrons. The molecule has 0 saturated carbocycles. The van der Waals surface area contributed by atoms with Crippen molar-refractivity contribution < 1.29 is 4.39 Å². The van der Waals surface area contributed by atoms with E-state index in [4.69, 9.17) is 0 Å². The Hall–Kier alpha value is -2.14. The van der Waals surface area contributed by atoms with Crippen LogP contribution in [0.1, 0.15) is 23.3 Å². The summed E-state index contributed by atoms with van der Waals surface area (Å²) >= 11 is 1.55. The average molecular weight is 313 g/mol. The van der Waals surface area contributed by atoms with Gasteiger partial charge in [-0.3, -0.25) is 5.10 Å².